The first kappa shape index (κ1) is 48.7. The van der Waals surface area contributed by atoms with Gasteiger partial charge in [0.25, 0.3) is 5.69 Å². The van der Waals surface area contributed by atoms with E-state index in [9.17, 15) is 10.1 Å². The third-order valence-corrected chi connectivity index (χ3v) is 17.2. The maximum Gasteiger partial charge on any atom is 0.269 e. The topological polar surface area (TPSA) is 80.1 Å². The van der Waals surface area contributed by atoms with Crippen molar-refractivity contribution >= 4 is 13.8 Å². The maximum atomic E-state index is 11.1. The third kappa shape index (κ3) is 12.9. The molecule has 0 fully saturated rings. The van der Waals surface area contributed by atoms with Crippen molar-refractivity contribution in [3.8, 4) is 81.8 Å². The second-order valence-electron chi connectivity index (χ2n) is 16.0. The van der Waals surface area contributed by atoms with Crippen molar-refractivity contribution in [1.82, 2.24) is 0 Å². The van der Waals surface area contributed by atoms with Crippen LogP contribution in [-0.4, -0.2) is 39.4 Å². The molecular formula is C57H57NO6Si. The van der Waals surface area contributed by atoms with Gasteiger partial charge in [0.1, 0.15) is 31.1 Å². The summed E-state index contributed by atoms with van der Waals surface area (Å²) in [5.41, 5.74) is 12.4. The number of rotatable bonds is 12. The quantitative estimate of drug-likeness (QED) is 0.0537. The third-order valence-electron chi connectivity index (χ3n) is 10.9. The molecule has 5 rings (SSSR count). The average molecular weight is 880 g/mol. The lowest BCUT2D eigenvalue weighted by atomic mass is 10.1. The summed E-state index contributed by atoms with van der Waals surface area (Å²) in [5.74, 6) is 31.7. The smallest absolute Gasteiger partial charge is 0.269 e. The Morgan fingerprint density at radius 3 is 0.938 bits per heavy atom. The van der Waals surface area contributed by atoms with E-state index in [4.69, 9.17) is 18.9 Å². The van der Waals surface area contributed by atoms with Gasteiger partial charge < -0.3 is 18.9 Å². The Bertz CT molecular complexity index is 2760. The zero-order valence-electron chi connectivity index (χ0n) is 39.2. The number of ether oxygens (including phenoxy) is 4. The molecule has 0 bridgehead atoms. The molecule has 7 nitrogen and oxygen atoms in total. The molecule has 5 aromatic carbocycles. The second kappa shape index (κ2) is 23.4. The van der Waals surface area contributed by atoms with Crippen LogP contribution in [0.25, 0.3) is 0 Å². The maximum absolute atomic E-state index is 11.1. The highest BCUT2D eigenvalue weighted by atomic mass is 28.3. The van der Waals surface area contributed by atoms with Crippen molar-refractivity contribution < 1.29 is 23.9 Å². The van der Waals surface area contributed by atoms with Crippen LogP contribution in [-0.2, 0) is 0 Å². The van der Waals surface area contributed by atoms with E-state index < -0.39 is 13.0 Å². The molecule has 0 amide bonds. The van der Waals surface area contributed by atoms with E-state index >= 15 is 0 Å². The molecule has 0 spiro atoms. The summed E-state index contributed by atoms with van der Waals surface area (Å²) in [6, 6.07) is 29.5. The van der Waals surface area contributed by atoms with Gasteiger partial charge in [0.05, 0.1) is 53.6 Å². The summed E-state index contributed by atoms with van der Waals surface area (Å²) in [4.78, 5) is 10.6. The first-order valence-electron chi connectivity index (χ1n) is 22.2. The van der Waals surface area contributed by atoms with Crippen molar-refractivity contribution in [2.24, 2.45) is 0 Å². The summed E-state index contributed by atoms with van der Waals surface area (Å²) in [6.45, 7) is 23.3. The van der Waals surface area contributed by atoms with E-state index in [1.807, 2.05) is 82.3 Å². The zero-order chi connectivity index (χ0) is 46.9. The van der Waals surface area contributed by atoms with Crippen molar-refractivity contribution in [1.29, 1.82) is 0 Å². The molecule has 0 aromatic heterocycles. The van der Waals surface area contributed by atoms with Crippen LogP contribution in [0, 0.1) is 68.9 Å². The minimum Gasteiger partial charge on any atom is -0.493 e. The number of hydrogen-bond donors (Lipinski definition) is 0. The molecular weight excluding hydrogens is 823 g/mol. The Morgan fingerprint density at radius 2 is 0.677 bits per heavy atom. The van der Waals surface area contributed by atoms with E-state index in [-0.39, 0.29) is 5.69 Å². The van der Waals surface area contributed by atoms with Gasteiger partial charge in [-0.1, -0.05) is 94.8 Å². The standard InChI is InChI=1S/C57H57NO6Si/c1-11-61-54-39-51(31-32-52-40-55(62-12-2)50(38-57(52)64-14-4)30-26-47-27-33-53(34-28-47)58(59)60)56(63-13-3)37-49(54)29-25-46-19-17-44(18-20-46)15-16-45-21-23-48(24-22-45)35-36-65(41(5)6,42(7)8)43(9)10/h17-24,27-28,33-34,37-43H,11-14H2,1-10H3. The summed E-state index contributed by atoms with van der Waals surface area (Å²) in [6.07, 6.45) is 0. The number of hydrogen-bond acceptors (Lipinski definition) is 6. The van der Waals surface area contributed by atoms with Gasteiger partial charge in [-0.25, -0.2) is 0 Å². The SMILES string of the molecule is CCOc1cc(C#Cc2cc(OCC)c(C#Cc3ccc([N+](=O)[O-])cc3)cc2OCC)c(OCC)cc1C#Cc1ccc(C#Cc2ccc(C#C[Si](C(C)C)(C(C)C)C(C)C)cc2)cc1. The van der Waals surface area contributed by atoms with Gasteiger partial charge >= 0.3 is 0 Å². The number of benzene rings is 5. The largest absolute Gasteiger partial charge is 0.493 e. The van der Waals surface area contributed by atoms with Crippen molar-refractivity contribution in [2.75, 3.05) is 26.4 Å². The van der Waals surface area contributed by atoms with Crippen LogP contribution in [0.2, 0.25) is 16.6 Å². The van der Waals surface area contributed by atoms with Crippen LogP contribution >= 0.6 is 0 Å². The molecule has 0 radical (unpaired) electrons. The Kier molecular flexibility index (Phi) is 17.6. The molecule has 0 unspecified atom stereocenters. The van der Waals surface area contributed by atoms with E-state index in [2.05, 4.69) is 113 Å². The van der Waals surface area contributed by atoms with E-state index in [0.717, 1.165) is 22.3 Å². The summed E-state index contributed by atoms with van der Waals surface area (Å²) in [5, 5.41) is 11.1. The lowest BCUT2D eigenvalue weighted by Gasteiger charge is -2.38. The lowest BCUT2D eigenvalue weighted by molar-refractivity contribution is -0.384. The summed E-state index contributed by atoms with van der Waals surface area (Å²) < 4.78 is 24.2. The van der Waals surface area contributed by atoms with Gasteiger partial charge in [0.15, 0.2) is 0 Å². The molecule has 5 aromatic rings. The molecule has 0 aliphatic heterocycles. The van der Waals surface area contributed by atoms with Gasteiger partial charge in [-0.2, -0.15) is 0 Å². The molecule has 0 aliphatic carbocycles. The van der Waals surface area contributed by atoms with Crippen molar-refractivity contribution in [3.05, 3.63) is 157 Å². The van der Waals surface area contributed by atoms with Gasteiger partial charge in [-0.3, -0.25) is 10.1 Å². The van der Waals surface area contributed by atoms with Crippen LogP contribution in [0.3, 0.4) is 0 Å². The van der Waals surface area contributed by atoms with Crippen LogP contribution in [0.5, 0.6) is 23.0 Å². The van der Waals surface area contributed by atoms with Crippen LogP contribution in [0.4, 0.5) is 5.69 Å². The molecule has 330 valence electrons. The molecule has 0 atom stereocenters. The molecule has 0 saturated carbocycles. The van der Waals surface area contributed by atoms with Crippen LogP contribution < -0.4 is 18.9 Å². The van der Waals surface area contributed by atoms with Gasteiger partial charge in [-0.15, -0.1) is 5.54 Å². The Balaban J connectivity index is 1.38. The first-order chi connectivity index (χ1) is 31.3. The molecule has 0 N–H and O–H groups in total. The fourth-order valence-electron chi connectivity index (χ4n) is 7.72. The van der Waals surface area contributed by atoms with E-state index in [0.29, 0.717) is 93.9 Å². The minimum absolute atomic E-state index is 0.00117. The fourth-order valence-corrected chi connectivity index (χ4v) is 12.9. The van der Waals surface area contributed by atoms with Gasteiger partial charge in [0.2, 0.25) is 0 Å². The van der Waals surface area contributed by atoms with E-state index in [1.165, 1.54) is 12.1 Å². The van der Waals surface area contributed by atoms with E-state index in [1.54, 1.807) is 18.2 Å². The average Bonchev–Trinajstić information content (AvgIpc) is 3.28. The normalized spacial score (nSPS) is 10.5. The highest BCUT2D eigenvalue weighted by Crippen LogP contribution is 2.41. The van der Waals surface area contributed by atoms with Gasteiger partial charge in [-0.05, 0) is 105 Å². The monoisotopic (exact) mass is 879 g/mol. The Hall–Kier alpha value is -7.28. The molecule has 0 aliphatic rings. The van der Waals surface area contributed by atoms with Gasteiger partial charge in [0, 0.05) is 64.2 Å². The molecule has 8 heteroatoms. The van der Waals surface area contributed by atoms with Crippen molar-refractivity contribution in [2.45, 2.75) is 85.9 Å². The summed E-state index contributed by atoms with van der Waals surface area (Å²) >= 11 is 0. The van der Waals surface area contributed by atoms with Crippen LogP contribution in [0.1, 0.15) is 119 Å². The number of nitrogens with zero attached hydrogens (tertiary/aromatic N) is 1. The fraction of sp³-hybridized carbons (Fsp3) is 0.298. The highest BCUT2D eigenvalue weighted by Gasteiger charge is 2.41. The second-order valence-corrected chi connectivity index (χ2v) is 21.6. The zero-order valence-corrected chi connectivity index (χ0v) is 40.2. The highest BCUT2D eigenvalue weighted by molar-refractivity contribution is 6.90. The van der Waals surface area contributed by atoms with Crippen molar-refractivity contribution in [3.63, 3.8) is 0 Å². The molecule has 0 saturated heterocycles. The number of non-ortho nitro benzene ring substituents is 1. The summed E-state index contributed by atoms with van der Waals surface area (Å²) in [7, 11) is -1.80. The molecule has 0 heterocycles. The Labute approximate surface area is 387 Å². The number of nitro benzene ring substituents is 1. The predicted octanol–water partition coefficient (Wildman–Crippen LogP) is 12.4. The van der Waals surface area contributed by atoms with Crippen LogP contribution in [0.15, 0.2) is 97.1 Å². The Morgan fingerprint density at radius 1 is 0.431 bits per heavy atom. The number of nitro groups is 1. The first-order valence-corrected chi connectivity index (χ1v) is 24.5. The predicted molar refractivity (Wildman–Crippen MR) is 265 cm³/mol. The minimum atomic E-state index is -1.80. The lowest BCUT2D eigenvalue weighted by Crippen LogP contribution is -2.43. The molecule has 65 heavy (non-hydrogen) atoms.